The third kappa shape index (κ3) is 24.6. The van der Waals surface area contributed by atoms with Crippen LogP contribution in [0.5, 0.6) is 0 Å². The van der Waals surface area contributed by atoms with Crippen LogP contribution in [0.3, 0.4) is 0 Å². The first kappa shape index (κ1) is 51.4. The van der Waals surface area contributed by atoms with Crippen molar-refractivity contribution in [2.24, 2.45) is 0 Å². The van der Waals surface area contributed by atoms with E-state index in [4.69, 9.17) is 37.9 Å². The van der Waals surface area contributed by atoms with Gasteiger partial charge < -0.3 is 37.9 Å². The van der Waals surface area contributed by atoms with E-state index in [1.807, 2.05) is 0 Å². The molecule has 2 aliphatic rings. The molecular weight excluding hydrogens is 809 g/mol. The van der Waals surface area contributed by atoms with Gasteiger partial charge >= 0.3 is 0 Å². The molecule has 0 amide bonds. The molecule has 0 atom stereocenters. The van der Waals surface area contributed by atoms with Crippen molar-refractivity contribution < 1.29 is 37.9 Å². The van der Waals surface area contributed by atoms with Gasteiger partial charge in [-0.3, -0.25) is 19.6 Å². The van der Waals surface area contributed by atoms with E-state index >= 15 is 0 Å². The van der Waals surface area contributed by atoms with Gasteiger partial charge in [0.25, 0.3) is 0 Å². The first-order chi connectivity index (χ1) is 31.8. The molecule has 0 saturated carbocycles. The monoisotopic (exact) mass is 885 g/mol. The summed E-state index contributed by atoms with van der Waals surface area (Å²) < 4.78 is 46.6. The molecule has 0 aromatic heterocycles. The molecule has 12 heteroatoms. The topological polar surface area (TPSA) is 86.8 Å². The Hall–Kier alpha value is -3.60. The lowest BCUT2D eigenvalue weighted by molar-refractivity contribution is 0.00624. The zero-order valence-corrected chi connectivity index (χ0v) is 38.4. The molecule has 0 N–H and O–H groups in total. The maximum atomic E-state index is 5.83. The van der Waals surface area contributed by atoms with Crippen molar-refractivity contribution in [2.45, 2.75) is 26.2 Å². The fraction of sp³-hybridized carbons (Fsp3) is 0.538. The lowest BCUT2D eigenvalue weighted by atomic mass is 10.2. The van der Waals surface area contributed by atoms with Gasteiger partial charge in [0.15, 0.2) is 0 Å². The normalized spacial score (nSPS) is 19.8. The molecule has 4 aromatic carbocycles. The molecule has 6 rings (SSSR count). The first-order valence-electron chi connectivity index (χ1n) is 23.5. The molecule has 0 aliphatic carbocycles. The SMILES string of the molecule is c1ccc(CN2CCOCCOCCN(Cc3ccccc3)CCOCCOCC2)cc1.c1ccc(CN2CCOCCOCCN(Cc3ccccc3)CCOCCOCC2)cc1. The lowest BCUT2D eigenvalue weighted by Gasteiger charge is -2.24. The maximum Gasteiger partial charge on any atom is 0.0701 e. The number of hydrogen-bond donors (Lipinski definition) is 0. The highest BCUT2D eigenvalue weighted by atomic mass is 16.5. The second kappa shape index (κ2) is 34.7. The van der Waals surface area contributed by atoms with E-state index in [2.05, 4.69) is 141 Å². The zero-order valence-electron chi connectivity index (χ0n) is 38.4. The van der Waals surface area contributed by atoms with Crippen molar-refractivity contribution >= 4 is 0 Å². The summed E-state index contributed by atoms with van der Waals surface area (Å²) in [6.45, 7) is 21.1. The fourth-order valence-corrected chi connectivity index (χ4v) is 7.28. The molecule has 4 aromatic rings. The summed E-state index contributed by atoms with van der Waals surface area (Å²) in [6.07, 6.45) is 0. The minimum absolute atomic E-state index is 0.622. The highest BCUT2D eigenvalue weighted by molar-refractivity contribution is 5.16. The van der Waals surface area contributed by atoms with Crippen LogP contribution in [0, 0.1) is 0 Å². The van der Waals surface area contributed by atoms with Crippen molar-refractivity contribution in [1.29, 1.82) is 0 Å². The smallest absolute Gasteiger partial charge is 0.0701 e. The van der Waals surface area contributed by atoms with Crippen molar-refractivity contribution in [3.05, 3.63) is 144 Å². The Balaban J connectivity index is 0.000000241. The van der Waals surface area contributed by atoms with E-state index in [-0.39, 0.29) is 0 Å². The van der Waals surface area contributed by atoms with E-state index in [1.54, 1.807) is 0 Å². The van der Waals surface area contributed by atoms with Gasteiger partial charge in [0.2, 0.25) is 0 Å². The van der Waals surface area contributed by atoms with E-state index < -0.39 is 0 Å². The van der Waals surface area contributed by atoms with Gasteiger partial charge in [-0.2, -0.15) is 0 Å². The summed E-state index contributed by atoms with van der Waals surface area (Å²) in [7, 11) is 0. The Morgan fingerprint density at radius 1 is 0.219 bits per heavy atom. The Kier molecular flexibility index (Phi) is 27.9. The van der Waals surface area contributed by atoms with E-state index in [1.165, 1.54) is 22.3 Å². The minimum Gasteiger partial charge on any atom is -0.378 e. The van der Waals surface area contributed by atoms with Crippen LogP contribution in [0.15, 0.2) is 121 Å². The van der Waals surface area contributed by atoms with Crippen molar-refractivity contribution in [3.8, 4) is 0 Å². The van der Waals surface area contributed by atoms with Crippen LogP contribution in [0.25, 0.3) is 0 Å². The molecule has 0 radical (unpaired) electrons. The predicted molar refractivity (Wildman–Crippen MR) is 253 cm³/mol. The number of nitrogens with zero attached hydrogens (tertiary/aromatic N) is 4. The molecular formula is C52H76N4O8. The highest BCUT2D eigenvalue weighted by Crippen LogP contribution is 2.08. The van der Waals surface area contributed by atoms with Gasteiger partial charge in [-0.15, -0.1) is 0 Å². The van der Waals surface area contributed by atoms with Gasteiger partial charge in [-0.05, 0) is 22.3 Å². The molecule has 0 spiro atoms. The van der Waals surface area contributed by atoms with Crippen molar-refractivity contribution in [3.63, 3.8) is 0 Å². The minimum atomic E-state index is 0.622. The third-order valence-electron chi connectivity index (χ3n) is 10.9. The van der Waals surface area contributed by atoms with E-state index in [0.29, 0.717) is 106 Å². The Morgan fingerprint density at radius 2 is 0.375 bits per heavy atom. The van der Waals surface area contributed by atoms with Gasteiger partial charge in [0.1, 0.15) is 0 Å². The zero-order chi connectivity index (χ0) is 44.2. The van der Waals surface area contributed by atoms with Gasteiger partial charge in [-0.25, -0.2) is 0 Å². The molecule has 64 heavy (non-hydrogen) atoms. The number of hydrogen-bond acceptors (Lipinski definition) is 12. The first-order valence-corrected chi connectivity index (χ1v) is 23.5. The van der Waals surface area contributed by atoms with Crippen LogP contribution in [0.4, 0.5) is 0 Å². The summed E-state index contributed by atoms with van der Waals surface area (Å²) in [5, 5.41) is 0. The summed E-state index contributed by atoms with van der Waals surface area (Å²) in [5.41, 5.74) is 5.23. The Labute approximate surface area is 384 Å². The van der Waals surface area contributed by atoms with Crippen molar-refractivity contribution in [2.75, 3.05) is 158 Å². The number of benzene rings is 4. The van der Waals surface area contributed by atoms with Gasteiger partial charge in [-0.1, -0.05) is 121 Å². The van der Waals surface area contributed by atoms with E-state index in [9.17, 15) is 0 Å². The molecule has 12 nitrogen and oxygen atoms in total. The molecule has 352 valence electrons. The molecule has 2 aliphatic heterocycles. The summed E-state index contributed by atoms with van der Waals surface area (Å²) in [6, 6.07) is 42.2. The third-order valence-corrected chi connectivity index (χ3v) is 10.9. The average molecular weight is 885 g/mol. The quantitative estimate of drug-likeness (QED) is 0.204. The Bertz CT molecular complexity index is 1360. The molecule has 2 saturated heterocycles. The van der Waals surface area contributed by atoms with Crippen LogP contribution in [-0.4, -0.2) is 178 Å². The molecule has 0 unspecified atom stereocenters. The van der Waals surface area contributed by atoms with Crippen molar-refractivity contribution in [1.82, 2.24) is 19.6 Å². The van der Waals surface area contributed by atoms with Gasteiger partial charge in [0, 0.05) is 78.5 Å². The average Bonchev–Trinajstić information content (AvgIpc) is 3.32. The van der Waals surface area contributed by atoms with E-state index in [0.717, 1.165) is 78.5 Å². The predicted octanol–water partition coefficient (Wildman–Crippen LogP) is 6.14. The second-order valence-corrected chi connectivity index (χ2v) is 15.9. The Morgan fingerprint density at radius 3 is 0.531 bits per heavy atom. The number of rotatable bonds is 8. The maximum absolute atomic E-state index is 5.83. The fourth-order valence-electron chi connectivity index (χ4n) is 7.28. The molecule has 2 fully saturated rings. The number of ether oxygens (including phenoxy) is 8. The highest BCUT2D eigenvalue weighted by Gasteiger charge is 2.11. The van der Waals surface area contributed by atoms with Crippen LogP contribution in [0.2, 0.25) is 0 Å². The second-order valence-electron chi connectivity index (χ2n) is 15.9. The van der Waals surface area contributed by atoms with Crippen LogP contribution < -0.4 is 0 Å². The van der Waals surface area contributed by atoms with Gasteiger partial charge in [0.05, 0.1) is 106 Å². The summed E-state index contributed by atoms with van der Waals surface area (Å²) in [5.74, 6) is 0. The summed E-state index contributed by atoms with van der Waals surface area (Å²) in [4.78, 5) is 9.51. The molecule has 2 heterocycles. The standard InChI is InChI=1S/2C26H38N2O4/c2*1-3-7-25(8-4-1)23-27-11-15-29-19-21-31-17-13-28(24-26-9-5-2-6-10-26)14-18-32-22-20-30-16-12-27/h2*1-10H,11-24H2. The molecule has 0 bridgehead atoms. The van der Waals surface area contributed by atoms with Crippen LogP contribution >= 0.6 is 0 Å². The lowest BCUT2D eigenvalue weighted by Crippen LogP contribution is -2.32. The summed E-state index contributed by atoms with van der Waals surface area (Å²) >= 11 is 0. The van der Waals surface area contributed by atoms with Crippen LogP contribution in [0.1, 0.15) is 22.3 Å². The van der Waals surface area contributed by atoms with Crippen LogP contribution in [-0.2, 0) is 64.1 Å². The largest absolute Gasteiger partial charge is 0.378 e.